The molecule has 3 atom stereocenters. The van der Waals surface area contributed by atoms with Gasteiger partial charge in [0.1, 0.15) is 11.5 Å². The first kappa shape index (κ1) is 23.4. The van der Waals surface area contributed by atoms with Crippen LogP contribution in [-0.4, -0.2) is 46.8 Å². The highest BCUT2D eigenvalue weighted by molar-refractivity contribution is 6.01. The van der Waals surface area contributed by atoms with Gasteiger partial charge in [-0.15, -0.1) is 0 Å². The fourth-order valence-corrected chi connectivity index (χ4v) is 5.52. The van der Waals surface area contributed by atoms with E-state index in [1.54, 1.807) is 12.3 Å². The predicted octanol–water partition coefficient (Wildman–Crippen LogP) is 4.47. The molecule has 1 saturated heterocycles. The Morgan fingerprint density at radius 3 is 2.58 bits per heavy atom. The number of amidine groups is 1. The molecule has 2 aromatic rings. The standard InChI is InChI=1S/C27H37N5O/c1-19-9-8-10-20(2)31(19)15-6-3-7-16-32-25-12-5-4-11-22(25)17-23(27(32)33)21-13-14-30-24(18-21)26(28)29/h4-5,11-14,18-20,23H,3,6-10,15-17H2,1-2H3,(H3,28,29)/t19-,20+,23?. The van der Waals surface area contributed by atoms with Crippen LogP contribution < -0.4 is 10.6 Å². The minimum absolute atomic E-state index is 0.0743. The maximum Gasteiger partial charge on any atom is 0.234 e. The molecule has 1 aromatic heterocycles. The Morgan fingerprint density at radius 2 is 1.82 bits per heavy atom. The summed E-state index contributed by atoms with van der Waals surface area (Å²) in [6.07, 6.45) is 9.57. The van der Waals surface area contributed by atoms with Crippen molar-refractivity contribution in [1.29, 1.82) is 5.41 Å². The minimum Gasteiger partial charge on any atom is -0.382 e. The van der Waals surface area contributed by atoms with Gasteiger partial charge in [0.25, 0.3) is 0 Å². The first-order chi connectivity index (χ1) is 16.0. The van der Waals surface area contributed by atoms with Gasteiger partial charge >= 0.3 is 0 Å². The van der Waals surface area contributed by atoms with Crippen molar-refractivity contribution in [2.45, 2.75) is 76.8 Å². The number of hydrogen-bond donors (Lipinski definition) is 2. The van der Waals surface area contributed by atoms with Crippen LogP contribution in [0, 0.1) is 5.41 Å². The Morgan fingerprint density at radius 1 is 1.09 bits per heavy atom. The lowest BCUT2D eigenvalue weighted by Crippen LogP contribution is -2.44. The number of nitrogen functional groups attached to an aromatic ring is 1. The molecule has 4 rings (SSSR count). The third kappa shape index (κ3) is 5.27. The van der Waals surface area contributed by atoms with Gasteiger partial charge in [-0.2, -0.15) is 0 Å². The van der Waals surface area contributed by atoms with E-state index in [2.05, 4.69) is 35.9 Å². The van der Waals surface area contributed by atoms with Gasteiger partial charge in [-0.1, -0.05) is 31.0 Å². The molecule has 1 unspecified atom stereocenters. The van der Waals surface area contributed by atoms with Crippen LogP contribution in [0.25, 0.3) is 0 Å². The summed E-state index contributed by atoms with van der Waals surface area (Å²) >= 11 is 0. The molecule has 3 heterocycles. The van der Waals surface area contributed by atoms with Gasteiger partial charge in [0.15, 0.2) is 0 Å². The largest absolute Gasteiger partial charge is 0.382 e. The van der Waals surface area contributed by atoms with Crippen molar-refractivity contribution in [2.24, 2.45) is 5.73 Å². The predicted molar refractivity (Wildman–Crippen MR) is 134 cm³/mol. The molecular weight excluding hydrogens is 410 g/mol. The molecule has 33 heavy (non-hydrogen) atoms. The average Bonchev–Trinajstić information content (AvgIpc) is 2.81. The molecule has 3 N–H and O–H groups in total. The van der Waals surface area contributed by atoms with E-state index in [9.17, 15) is 4.79 Å². The van der Waals surface area contributed by atoms with E-state index in [-0.39, 0.29) is 17.7 Å². The number of piperidine rings is 1. The molecule has 0 bridgehead atoms. The van der Waals surface area contributed by atoms with Gasteiger partial charge in [0, 0.05) is 30.5 Å². The van der Waals surface area contributed by atoms with Gasteiger partial charge in [-0.3, -0.25) is 20.1 Å². The summed E-state index contributed by atoms with van der Waals surface area (Å²) in [5.41, 5.74) is 9.18. The first-order valence-corrected chi connectivity index (χ1v) is 12.4. The lowest BCUT2D eigenvalue weighted by Gasteiger charge is -2.39. The Labute approximate surface area is 197 Å². The van der Waals surface area contributed by atoms with Crippen LogP contribution >= 0.6 is 0 Å². The van der Waals surface area contributed by atoms with Crippen LogP contribution in [0.3, 0.4) is 0 Å². The van der Waals surface area contributed by atoms with E-state index in [0.29, 0.717) is 24.2 Å². The number of aromatic nitrogens is 1. The molecular formula is C27H37N5O. The number of pyridine rings is 1. The topological polar surface area (TPSA) is 86.3 Å². The normalized spacial score (nSPS) is 23.4. The van der Waals surface area contributed by atoms with Crippen molar-refractivity contribution < 1.29 is 4.79 Å². The Balaban J connectivity index is 1.42. The second-order valence-electron chi connectivity index (χ2n) is 9.69. The smallest absolute Gasteiger partial charge is 0.234 e. The van der Waals surface area contributed by atoms with Crippen molar-refractivity contribution in [3.8, 4) is 0 Å². The number of likely N-dealkylation sites (tertiary alicyclic amines) is 1. The van der Waals surface area contributed by atoms with Gasteiger partial charge in [-0.25, -0.2) is 0 Å². The second-order valence-corrected chi connectivity index (χ2v) is 9.69. The average molecular weight is 448 g/mol. The van der Waals surface area contributed by atoms with Crippen molar-refractivity contribution in [3.05, 3.63) is 59.4 Å². The number of carbonyl (C=O) groups is 1. The number of carbonyl (C=O) groups excluding carboxylic acids is 1. The molecule has 0 radical (unpaired) electrons. The number of para-hydroxylation sites is 1. The van der Waals surface area contributed by atoms with E-state index in [1.807, 2.05) is 23.1 Å². The van der Waals surface area contributed by atoms with E-state index in [0.717, 1.165) is 37.2 Å². The summed E-state index contributed by atoms with van der Waals surface area (Å²) in [5, 5.41) is 7.70. The summed E-state index contributed by atoms with van der Waals surface area (Å²) < 4.78 is 0. The monoisotopic (exact) mass is 447 g/mol. The Bertz CT molecular complexity index is 980. The summed E-state index contributed by atoms with van der Waals surface area (Å²) in [6, 6.07) is 13.3. The Hall–Kier alpha value is -2.73. The number of hydrogen-bond acceptors (Lipinski definition) is 4. The maximum absolute atomic E-state index is 13.6. The van der Waals surface area contributed by atoms with Gasteiger partial charge in [0.2, 0.25) is 5.91 Å². The number of nitrogens with one attached hydrogen (secondary N) is 1. The molecule has 6 nitrogen and oxygen atoms in total. The number of rotatable bonds is 8. The molecule has 1 aromatic carbocycles. The van der Waals surface area contributed by atoms with Crippen molar-refractivity contribution in [1.82, 2.24) is 9.88 Å². The van der Waals surface area contributed by atoms with E-state index >= 15 is 0 Å². The zero-order valence-electron chi connectivity index (χ0n) is 20.0. The van der Waals surface area contributed by atoms with E-state index in [1.165, 1.54) is 31.2 Å². The van der Waals surface area contributed by atoms with Crippen LogP contribution in [0.1, 0.15) is 75.1 Å². The molecule has 0 saturated carbocycles. The summed E-state index contributed by atoms with van der Waals surface area (Å²) in [6.45, 7) is 6.61. The highest BCUT2D eigenvalue weighted by atomic mass is 16.2. The third-order valence-electron chi connectivity index (χ3n) is 7.41. The molecule has 6 heteroatoms. The summed E-state index contributed by atoms with van der Waals surface area (Å²) in [7, 11) is 0. The number of fused-ring (bicyclic) bond motifs is 1. The summed E-state index contributed by atoms with van der Waals surface area (Å²) in [5.74, 6) is -0.210. The number of anilines is 1. The lowest BCUT2D eigenvalue weighted by molar-refractivity contribution is -0.120. The molecule has 0 aliphatic carbocycles. The number of nitrogens with two attached hydrogens (primary N) is 1. The highest BCUT2D eigenvalue weighted by Gasteiger charge is 2.33. The van der Waals surface area contributed by atoms with Crippen molar-refractivity contribution >= 4 is 17.4 Å². The van der Waals surface area contributed by atoms with Gasteiger partial charge in [0.05, 0.1) is 5.92 Å². The third-order valence-corrected chi connectivity index (χ3v) is 7.41. The number of nitrogens with zero attached hydrogens (tertiary/aromatic N) is 3. The first-order valence-electron chi connectivity index (χ1n) is 12.4. The highest BCUT2D eigenvalue weighted by Crippen LogP contribution is 2.35. The molecule has 1 amide bonds. The molecule has 2 aliphatic heterocycles. The summed E-state index contributed by atoms with van der Waals surface area (Å²) in [4.78, 5) is 22.4. The zero-order valence-corrected chi connectivity index (χ0v) is 20.0. The van der Waals surface area contributed by atoms with Gasteiger partial charge in [-0.05, 0) is 81.8 Å². The van der Waals surface area contributed by atoms with Gasteiger partial charge < -0.3 is 10.6 Å². The van der Waals surface area contributed by atoms with Crippen LogP contribution in [0.5, 0.6) is 0 Å². The van der Waals surface area contributed by atoms with E-state index < -0.39 is 0 Å². The number of unbranched alkanes of at least 4 members (excludes halogenated alkanes) is 2. The zero-order chi connectivity index (χ0) is 23.4. The van der Waals surface area contributed by atoms with Crippen LogP contribution in [0.4, 0.5) is 5.69 Å². The second kappa shape index (κ2) is 10.5. The number of benzene rings is 1. The molecule has 1 fully saturated rings. The molecule has 176 valence electrons. The SMILES string of the molecule is C[C@@H]1CCC[C@H](C)N1CCCCCN1C(=O)C(c2ccnc(C(=N)N)c2)Cc2ccccc21. The van der Waals surface area contributed by atoms with Crippen molar-refractivity contribution in [2.75, 3.05) is 18.0 Å². The van der Waals surface area contributed by atoms with E-state index in [4.69, 9.17) is 11.1 Å². The van der Waals surface area contributed by atoms with Crippen LogP contribution in [0.2, 0.25) is 0 Å². The molecule has 2 aliphatic rings. The maximum atomic E-state index is 13.6. The minimum atomic E-state index is -0.268. The molecule has 0 spiro atoms. The van der Waals surface area contributed by atoms with Crippen LogP contribution in [0.15, 0.2) is 42.6 Å². The quantitative estimate of drug-likeness (QED) is 0.355. The lowest BCUT2D eigenvalue weighted by atomic mass is 9.86. The van der Waals surface area contributed by atoms with Crippen LogP contribution in [-0.2, 0) is 11.2 Å². The fourth-order valence-electron chi connectivity index (χ4n) is 5.52. The van der Waals surface area contributed by atoms with Crippen molar-refractivity contribution in [3.63, 3.8) is 0 Å². The Kier molecular flexibility index (Phi) is 7.43. The number of amides is 1. The fraction of sp³-hybridized carbons (Fsp3) is 0.519.